The van der Waals surface area contributed by atoms with Crippen LogP contribution in [-0.2, 0) is 6.54 Å². The first kappa shape index (κ1) is 22.1. The molecule has 1 aromatic carbocycles. The van der Waals surface area contributed by atoms with Crippen LogP contribution in [0.3, 0.4) is 0 Å². The van der Waals surface area contributed by atoms with Crippen molar-refractivity contribution in [3.63, 3.8) is 0 Å². The molecule has 3 N–H and O–H groups in total. The maximum Gasteiger partial charge on any atom is 0.229 e. The molecule has 0 radical (unpaired) electrons. The number of likely N-dealkylation sites (tertiary alicyclic amines) is 1. The van der Waals surface area contributed by atoms with Crippen LogP contribution in [-0.4, -0.2) is 67.0 Å². The van der Waals surface area contributed by atoms with Crippen LogP contribution in [0.2, 0.25) is 0 Å². The molecule has 0 unspecified atom stereocenters. The molecule has 0 amide bonds. The number of aliphatic imine (C=N–C) groups is 1. The van der Waals surface area contributed by atoms with Crippen molar-refractivity contribution in [2.45, 2.75) is 38.6 Å². The van der Waals surface area contributed by atoms with Crippen molar-refractivity contribution in [3.8, 4) is 5.75 Å². The van der Waals surface area contributed by atoms with Crippen LogP contribution in [0.15, 0.2) is 29.4 Å². The standard InChI is InChI=1S/C25H35N7O/c1-2-11-32(10-1)12-3-13-33-23-15-21(14-20-17-27-18-22(20)23)30-25-28-9-6-24(31-25)29-16-19-4-7-26-8-5-19/h6,9,14-15,17,19,26H,1-5,7-8,10-13,16,18H2,(H2,28,29,30,31). The number of hydrogen-bond donors (Lipinski definition) is 3. The number of rotatable bonds is 10. The average Bonchev–Trinajstić information content (AvgIpc) is 3.54. The SMILES string of the molecule is C1=NCc2c1cc(Nc1nccc(NCC3CCNCC3)n1)cc2OCCCN1CCCC1. The van der Waals surface area contributed by atoms with Gasteiger partial charge in [-0.2, -0.15) is 4.98 Å². The molecular weight excluding hydrogens is 414 g/mol. The van der Waals surface area contributed by atoms with Gasteiger partial charge in [0.05, 0.1) is 13.2 Å². The van der Waals surface area contributed by atoms with Crippen LogP contribution in [0.5, 0.6) is 5.75 Å². The lowest BCUT2D eigenvalue weighted by Gasteiger charge is -2.23. The Labute approximate surface area is 196 Å². The number of nitrogens with one attached hydrogen (secondary N) is 3. The van der Waals surface area contributed by atoms with Crippen LogP contribution < -0.4 is 20.7 Å². The first-order chi connectivity index (χ1) is 16.3. The summed E-state index contributed by atoms with van der Waals surface area (Å²) in [6, 6.07) is 6.08. The normalized spacial score (nSPS) is 18.4. The van der Waals surface area contributed by atoms with Crippen LogP contribution in [0.1, 0.15) is 43.2 Å². The zero-order valence-corrected chi connectivity index (χ0v) is 19.4. The summed E-state index contributed by atoms with van der Waals surface area (Å²) in [7, 11) is 0. The Morgan fingerprint density at radius 3 is 2.91 bits per heavy atom. The zero-order valence-electron chi connectivity index (χ0n) is 19.4. The van der Waals surface area contributed by atoms with Crippen LogP contribution in [0.25, 0.3) is 0 Å². The molecule has 3 aliphatic rings. The Kier molecular flexibility index (Phi) is 7.33. The molecule has 4 heterocycles. The van der Waals surface area contributed by atoms with Crippen molar-refractivity contribution in [3.05, 3.63) is 35.5 Å². The molecule has 8 heteroatoms. The highest BCUT2D eigenvalue weighted by Crippen LogP contribution is 2.31. The minimum absolute atomic E-state index is 0.583. The summed E-state index contributed by atoms with van der Waals surface area (Å²) in [5.74, 6) is 3.04. The van der Waals surface area contributed by atoms with Gasteiger partial charge in [-0.25, -0.2) is 4.98 Å². The molecular formula is C25H35N7O. The van der Waals surface area contributed by atoms with E-state index in [0.29, 0.717) is 18.4 Å². The molecule has 5 rings (SSSR count). The molecule has 0 bridgehead atoms. The van der Waals surface area contributed by atoms with Gasteiger partial charge >= 0.3 is 0 Å². The first-order valence-corrected chi connectivity index (χ1v) is 12.4. The highest BCUT2D eigenvalue weighted by atomic mass is 16.5. The third-order valence-corrected chi connectivity index (χ3v) is 6.74. The molecule has 2 saturated heterocycles. The van der Waals surface area contributed by atoms with Crippen molar-refractivity contribution in [2.75, 3.05) is 56.5 Å². The monoisotopic (exact) mass is 449 g/mol. The maximum absolute atomic E-state index is 6.21. The molecule has 2 fully saturated rings. The Hall–Kier alpha value is -2.71. The van der Waals surface area contributed by atoms with E-state index in [2.05, 4.69) is 47.9 Å². The van der Waals surface area contributed by atoms with Crippen molar-refractivity contribution >= 4 is 23.7 Å². The van der Waals surface area contributed by atoms with Crippen molar-refractivity contribution in [1.82, 2.24) is 20.2 Å². The highest BCUT2D eigenvalue weighted by Gasteiger charge is 2.17. The first-order valence-electron chi connectivity index (χ1n) is 12.4. The quantitative estimate of drug-likeness (QED) is 0.479. The molecule has 1 aromatic heterocycles. The van der Waals surface area contributed by atoms with Gasteiger partial charge in [-0.1, -0.05) is 0 Å². The van der Waals surface area contributed by atoms with Crippen LogP contribution in [0.4, 0.5) is 17.5 Å². The second-order valence-corrected chi connectivity index (χ2v) is 9.23. The average molecular weight is 450 g/mol. The number of piperidine rings is 1. The summed E-state index contributed by atoms with van der Waals surface area (Å²) in [6.07, 6.45) is 9.84. The van der Waals surface area contributed by atoms with Gasteiger partial charge in [-0.15, -0.1) is 0 Å². The van der Waals surface area contributed by atoms with Crippen LogP contribution in [0, 0.1) is 5.92 Å². The van der Waals surface area contributed by atoms with Gasteiger partial charge in [0.15, 0.2) is 0 Å². The van der Waals surface area contributed by atoms with E-state index >= 15 is 0 Å². The van der Waals surface area contributed by atoms with Gasteiger partial charge in [0, 0.05) is 48.4 Å². The third-order valence-electron chi connectivity index (χ3n) is 6.74. The zero-order chi connectivity index (χ0) is 22.3. The Morgan fingerprint density at radius 2 is 2.03 bits per heavy atom. The molecule has 2 aromatic rings. The second kappa shape index (κ2) is 10.9. The second-order valence-electron chi connectivity index (χ2n) is 9.23. The van der Waals surface area contributed by atoms with E-state index in [1.54, 1.807) is 6.20 Å². The van der Waals surface area contributed by atoms with Crippen LogP contribution >= 0.6 is 0 Å². The smallest absolute Gasteiger partial charge is 0.229 e. The Morgan fingerprint density at radius 1 is 1.15 bits per heavy atom. The van der Waals surface area contributed by atoms with Gasteiger partial charge < -0.3 is 25.6 Å². The summed E-state index contributed by atoms with van der Waals surface area (Å²) in [6.45, 7) is 8.14. The number of fused-ring (bicyclic) bond motifs is 1. The number of aromatic nitrogens is 2. The van der Waals surface area contributed by atoms with Gasteiger partial charge in [0.2, 0.25) is 5.95 Å². The van der Waals surface area contributed by atoms with Gasteiger partial charge in [-0.05, 0) is 76.3 Å². The summed E-state index contributed by atoms with van der Waals surface area (Å²) in [4.78, 5) is 16.1. The van der Waals surface area contributed by atoms with E-state index in [0.717, 1.165) is 62.0 Å². The minimum Gasteiger partial charge on any atom is -0.493 e. The fourth-order valence-electron chi connectivity index (χ4n) is 4.85. The third kappa shape index (κ3) is 6.00. The highest BCUT2D eigenvalue weighted by molar-refractivity contribution is 5.88. The molecule has 176 valence electrons. The molecule has 0 atom stereocenters. The van der Waals surface area contributed by atoms with Crippen molar-refractivity contribution in [2.24, 2.45) is 10.9 Å². The van der Waals surface area contributed by atoms with Crippen molar-refractivity contribution in [1.29, 1.82) is 0 Å². The van der Waals surface area contributed by atoms with Gasteiger partial charge in [0.25, 0.3) is 0 Å². The molecule has 0 aliphatic carbocycles. The summed E-state index contributed by atoms with van der Waals surface area (Å²) in [5, 5.41) is 10.3. The van der Waals surface area contributed by atoms with E-state index in [1.165, 1.54) is 44.3 Å². The van der Waals surface area contributed by atoms with E-state index in [4.69, 9.17) is 4.74 Å². The Balaban J connectivity index is 1.20. The van der Waals surface area contributed by atoms with Crippen molar-refractivity contribution < 1.29 is 4.74 Å². The lowest BCUT2D eigenvalue weighted by atomic mass is 9.98. The molecule has 0 spiro atoms. The van der Waals surface area contributed by atoms with Gasteiger partial charge in [0.1, 0.15) is 11.6 Å². The number of benzene rings is 1. The van der Waals surface area contributed by atoms with Gasteiger partial charge in [-0.3, -0.25) is 4.99 Å². The molecule has 33 heavy (non-hydrogen) atoms. The Bertz CT molecular complexity index is 952. The fourth-order valence-corrected chi connectivity index (χ4v) is 4.85. The number of hydrogen-bond acceptors (Lipinski definition) is 8. The molecule has 8 nitrogen and oxygen atoms in total. The van der Waals surface area contributed by atoms with E-state index in [9.17, 15) is 0 Å². The molecule has 3 aliphatic heterocycles. The fraction of sp³-hybridized carbons (Fsp3) is 0.560. The predicted molar refractivity (Wildman–Crippen MR) is 133 cm³/mol. The van der Waals surface area contributed by atoms with E-state index in [-0.39, 0.29) is 0 Å². The lowest BCUT2D eigenvalue weighted by molar-refractivity contribution is 0.262. The summed E-state index contributed by atoms with van der Waals surface area (Å²) >= 11 is 0. The van der Waals surface area contributed by atoms with E-state index < -0.39 is 0 Å². The maximum atomic E-state index is 6.21. The largest absolute Gasteiger partial charge is 0.493 e. The summed E-state index contributed by atoms with van der Waals surface area (Å²) in [5.41, 5.74) is 3.20. The topological polar surface area (TPSA) is 86.7 Å². The number of anilines is 3. The van der Waals surface area contributed by atoms with E-state index in [1.807, 2.05) is 12.3 Å². The minimum atomic E-state index is 0.583. The lowest BCUT2D eigenvalue weighted by Crippen LogP contribution is -2.31. The number of nitrogens with zero attached hydrogens (tertiary/aromatic N) is 4. The molecule has 0 saturated carbocycles. The predicted octanol–water partition coefficient (Wildman–Crippen LogP) is 3.43. The summed E-state index contributed by atoms with van der Waals surface area (Å²) < 4.78 is 6.21. The number of ether oxygens (including phenoxy) is 1.